The van der Waals surface area contributed by atoms with Gasteiger partial charge < -0.3 is 19.1 Å². The Bertz CT molecular complexity index is 1950. The first-order valence-corrected chi connectivity index (χ1v) is 14.9. The molecule has 1 aliphatic rings. The van der Waals surface area contributed by atoms with E-state index < -0.39 is 18.0 Å². The highest BCUT2D eigenvalue weighted by Crippen LogP contribution is 2.37. The van der Waals surface area contributed by atoms with Crippen LogP contribution in [0.2, 0.25) is 0 Å². The van der Waals surface area contributed by atoms with Gasteiger partial charge in [-0.1, -0.05) is 48.9 Å². The summed E-state index contributed by atoms with van der Waals surface area (Å²) >= 11 is 1.27. The molecule has 0 saturated carbocycles. The summed E-state index contributed by atoms with van der Waals surface area (Å²) in [6.45, 7) is 7.82. The molecule has 4 aromatic rings. The van der Waals surface area contributed by atoms with E-state index in [2.05, 4.69) is 0 Å². The predicted octanol–water partition coefficient (Wildman–Crippen LogP) is 4.69. The molecule has 0 bridgehead atoms. The highest BCUT2D eigenvalue weighted by Gasteiger charge is 2.35. The van der Waals surface area contributed by atoms with Gasteiger partial charge in [-0.3, -0.25) is 9.36 Å². The van der Waals surface area contributed by atoms with Crippen LogP contribution >= 0.6 is 11.3 Å². The quantitative estimate of drug-likeness (QED) is 0.280. The van der Waals surface area contributed by atoms with Gasteiger partial charge in [0.1, 0.15) is 11.8 Å². The van der Waals surface area contributed by atoms with E-state index in [0.29, 0.717) is 38.3 Å². The summed E-state index contributed by atoms with van der Waals surface area (Å²) in [5, 5.41) is 9.48. The molecule has 0 radical (unpaired) electrons. The fourth-order valence-corrected chi connectivity index (χ4v) is 6.57. The number of thiazole rings is 1. The third-order valence-corrected chi connectivity index (χ3v) is 8.42. The van der Waals surface area contributed by atoms with Crippen molar-refractivity contribution in [3.63, 3.8) is 0 Å². The van der Waals surface area contributed by atoms with E-state index in [-0.39, 0.29) is 17.7 Å². The summed E-state index contributed by atoms with van der Waals surface area (Å²) in [5.41, 5.74) is 4.79. The van der Waals surface area contributed by atoms with Crippen LogP contribution in [0.3, 0.4) is 0 Å². The molecule has 2 aromatic carbocycles. The normalized spacial score (nSPS) is 14.8. The van der Waals surface area contributed by atoms with E-state index in [1.54, 1.807) is 36.8 Å². The van der Waals surface area contributed by atoms with Crippen molar-refractivity contribution in [2.75, 3.05) is 13.7 Å². The monoisotopic (exact) mass is 599 g/mol. The van der Waals surface area contributed by atoms with Gasteiger partial charge >= 0.3 is 11.9 Å². The third kappa shape index (κ3) is 5.46. The van der Waals surface area contributed by atoms with E-state index in [0.717, 1.165) is 29.1 Å². The van der Waals surface area contributed by atoms with Crippen LogP contribution in [0, 0.1) is 13.8 Å². The van der Waals surface area contributed by atoms with Crippen LogP contribution in [0.15, 0.2) is 75.7 Å². The van der Waals surface area contributed by atoms with Crippen molar-refractivity contribution in [2.45, 2.75) is 46.6 Å². The SMILES string of the molecule is CCCC1=C(C(=O)OCC)[C@@H](c2ccccc2OC)n2c(s/c(=C\c3cc(C)n(-c4cccc(C(=O)O)c4)c3C)c2=O)=N1. The first kappa shape index (κ1) is 29.8. The van der Waals surface area contributed by atoms with Gasteiger partial charge in [0.05, 0.1) is 35.1 Å². The first-order valence-electron chi connectivity index (χ1n) is 14.1. The average Bonchev–Trinajstić information content (AvgIpc) is 3.45. The maximum Gasteiger partial charge on any atom is 0.338 e. The Balaban J connectivity index is 1.73. The molecule has 0 unspecified atom stereocenters. The average molecular weight is 600 g/mol. The van der Waals surface area contributed by atoms with Crippen LogP contribution in [0.4, 0.5) is 0 Å². The molecule has 5 rings (SSSR count). The Morgan fingerprint density at radius 2 is 1.86 bits per heavy atom. The minimum Gasteiger partial charge on any atom is -0.496 e. The van der Waals surface area contributed by atoms with Gasteiger partial charge in [-0.05, 0) is 69.2 Å². The Kier molecular flexibility index (Phi) is 8.50. The van der Waals surface area contributed by atoms with Crippen LogP contribution in [0.25, 0.3) is 11.8 Å². The number of para-hydroxylation sites is 1. The predicted molar refractivity (Wildman–Crippen MR) is 165 cm³/mol. The van der Waals surface area contributed by atoms with Gasteiger partial charge in [-0.25, -0.2) is 14.6 Å². The first-order chi connectivity index (χ1) is 20.7. The van der Waals surface area contributed by atoms with Crippen molar-refractivity contribution >= 4 is 29.4 Å². The molecule has 0 aliphatic carbocycles. The van der Waals surface area contributed by atoms with E-state index in [4.69, 9.17) is 14.5 Å². The van der Waals surface area contributed by atoms with E-state index in [9.17, 15) is 19.5 Å². The summed E-state index contributed by atoms with van der Waals surface area (Å²) < 4.78 is 15.1. The Morgan fingerprint density at radius 3 is 2.56 bits per heavy atom. The lowest BCUT2D eigenvalue weighted by Crippen LogP contribution is -2.40. The van der Waals surface area contributed by atoms with Crippen molar-refractivity contribution in [1.29, 1.82) is 0 Å². The maximum absolute atomic E-state index is 14.2. The molecule has 222 valence electrons. The van der Waals surface area contributed by atoms with Crippen molar-refractivity contribution in [2.24, 2.45) is 4.99 Å². The zero-order valence-electron chi connectivity index (χ0n) is 24.7. The molecular weight excluding hydrogens is 566 g/mol. The molecule has 2 aromatic heterocycles. The molecule has 1 atom stereocenters. The standard InChI is InChI=1S/C33H33N3O6S/c1-6-11-25-28(32(40)42-7-2)29(24-14-8-9-15-26(24)41-5)36-30(37)27(43-33(36)34-25)18-22-16-19(3)35(20(22)4)23-13-10-12-21(17-23)31(38)39/h8-10,12-18,29H,6-7,11H2,1-5H3,(H,38,39)/b27-18-/t29-/m1/s1. The summed E-state index contributed by atoms with van der Waals surface area (Å²) in [6, 6.07) is 15.3. The third-order valence-electron chi connectivity index (χ3n) is 7.43. The number of fused-ring (bicyclic) bond motifs is 1. The highest BCUT2D eigenvalue weighted by molar-refractivity contribution is 7.07. The lowest BCUT2D eigenvalue weighted by atomic mass is 9.93. The van der Waals surface area contributed by atoms with Crippen LogP contribution in [0.5, 0.6) is 5.75 Å². The van der Waals surface area contributed by atoms with Gasteiger partial charge in [-0.15, -0.1) is 0 Å². The fourth-order valence-electron chi connectivity index (χ4n) is 5.56. The number of carbonyl (C=O) groups is 2. The molecule has 9 nitrogen and oxygen atoms in total. The molecule has 0 saturated heterocycles. The number of rotatable bonds is 9. The molecule has 3 heterocycles. The van der Waals surface area contributed by atoms with Crippen molar-refractivity contribution in [1.82, 2.24) is 9.13 Å². The summed E-state index contributed by atoms with van der Waals surface area (Å²) in [4.78, 5) is 44.5. The number of carboxylic acids is 1. The second-order valence-corrected chi connectivity index (χ2v) is 11.2. The Hall–Kier alpha value is -4.70. The smallest absolute Gasteiger partial charge is 0.338 e. The Morgan fingerprint density at radius 1 is 1.09 bits per heavy atom. The number of esters is 1. The maximum atomic E-state index is 14.2. The van der Waals surface area contributed by atoms with E-state index in [1.807, 2.05) is 67.8 Å². The number of aryl methyl sites for hydroxylation is 1. The van der Waals surface area contributed by atoms with Crippen molar-refractivity contribution < 1.29 is 24.2 Å². The molecular formula is C33H33N3O6S. The summed E-state index contributed by atoms with van der Waals surface area (Å²) in [6.07, 6.45) is 3.13. The van der Waals surface area contributed by atoms with Gasteiger partial charge in [0, 0.05) is 22.6 Å². The van der Waals surface area contributed by atoms with Crippen molar-refractivity contribution in [3.8, 4) is 11.4 Å². The number of methoxy groups -OCH3 is 1. The van der Waals surface area contributed by atoms with Gasteiger partial charge in [0.2, 0.25) is 0 Å². The van der Waals surface area contributed by atoms with Crippen LogP contribution in [-0.4, -0.2) is 39.9 Å². The van der Waals surface area contributed by atoms with Crippen LogP contribution < -0.4 is 19.6 Å². The number of hydrogen-bond donors (Lipinski definition) is 1. The lowest BCUT2D eigenvalue weighted by molar-refractivity contribution is -0.139. The molecule has 1 N–H and O–H groups in total. The fraction of sp³-hybridized carbons (Fsp3) is 0.273. The zero-order valence-corrected chi connectivity index (χ0v) is 25.5. The number of allylic oxidation sites excluding steroid dienone is 1. The van der Waals surface area contributed by atoms with Crippen LogP contribution in [-0.2, 0) is 9.53 Å². The van der Waals surface area contributed by atoms with Crippen molar-refractivity contribution in [3.05, 3.63) is 114 Å². The highest BCUT2D eigenvalue weighted by atomic mass is 32.1. The number of hydrogen-bond acceptors (Lipinski definition) is 7. The molecule has 0 fully saturated rings. The van der Waals surface area contributed by atoms with E-state index in [1.165, 1.54) is 11.3 Å². The topological polar surface area (TPSA) is 112 Å². The van der Waals surface area contributed by atoms with E-state index >= 15 is 0 Å². The number of nitrogens with zero attached hydrogens (tertiary/aromatic N) is 3. The lowest BCUT2D eigenvalue weighted by Gasteiger charge is -2.26. The molecule has 1 aliphatic heterocycles. The zero-order chi connectivity index (χ0) is 30.8. The molecule has 0 spiro atoms. The second kappa shape index (κ2) is 12.3. The summed E-state index contributed by atoms with van der Waals surface area (Å²) in [5.74, 6) is -0.958. The number of aromatic carboxylic acids is 1. The number of carbonyl (C=O) groups excluding carboxylic acids is 1. The van der Waals surface area contributed by atoms with Crippen LogP contribution in [0.1, 0.15) is 65.6 Å². The second-order valence-electron chi connectivity index (χ2n) is 10.2. The number of benzene rings is 2. The molecule has 0 amide bonds. The largest absolute Gasteiger partial charge is 0.496 e. The Labute approximate surface area is 252 Å². The number of ether oxygens (including phenoxy) is 2. The summed E-state index contributed by atoms with van der Waals surface area (Å²) in [7, 11) is 1.56. The van der Waals surface area contributed by atoms with Gasteiger partial charge in [0.15, 0.2) is 4.80 Å². The minimum atomic E-state index is -1.00. The van der Waals surface area contributed by atoms with Gasteiger partial charge in [-0.2, -0.15) is 0 Å². The van der Waals surface area contributed by atoms with Gasteiger partial charge in [0.25, 0.3) is 5.56 Å². The minimum absolute atomic E-state index is 0.190. The number of carboxylic acid groups (broad SMARTS) is 1. The number of aromatic nitrogens is 2. The molecule has 10 heteroatoms. The molecule has 43 heavy (non-hydrogen) atoms.